The first kappa shape index (κ1) is 12.8. The third kappa shape index (κ3) is 3.09. The number of hydrogen-bond acceptors (Lipinski definition) is 2. The van der Waals surface area contributed by atoms with Gasteiger partial charge in [-0.05, 0) is 30.4 Å². The number of fused-ring (bicyclic) bond motifs is 1. The Bertz CT molecular complexity index is 529. The second kappa shape index (κ2) is 5.72. The van der Waals surface area contributed by atoms with E-state index in [1.54, 1.807) is 12.2 Å². The maximum absolute atomic E-state index is 9.35. The second-order valence-electron chi connectivity index (χ2n) is 3.35. The first-order chi connectivity index (χ1) is 7.79. The van der Waals surface area contributed by atoms with Gasteiger partial charge in [-0.2, -0.15) is 0 Å². The molecule has 88 valence electrons. The van der Waals surface area contributed by atoms with E-state index in [4.69, 9.17) is 4.42 Å². The van der Waals surface area contributed by atoms with Crippen molar-refractivity contribution in [2.75, 3.05) is 0 Å². The average Bonchev–Trinajstić information content (AvgIpc) is 2.69. The van der Waals surface area contributed by atoms with Gasteiger partial charge in [0.1, 0.15) is 17.1 Å². The molecule has 0 bridgehead atoms. The van der Waals surface area contributed by atoms with E-state index in [0.717, 1.165) is 11.0 Å². The van der Waals surface area contributed by atoms with Crippen LogP contribution in [0.15, 0.2) is 65.3 Å². The Morgan fingerprint density at radius 3 is 2.76 bits per heavy atom. The van der Waals surface area contributed by atoms with Crippen LogP contribution < -0.4 is 0 Å². The number of aliphatic hydroxyl groups excluding tert-OH is 1. The van der Waals surface area contributed by atoms with Crippen molar-refractivity contribution in [1.82, 2.24) is 0 Å². The zero-order chi connectivity index (χ0) is 11.4. The molecule has 0 aliphatic rings. The van der Waals surface area contributed by atoms with Gasteiger partial charge in [-0.1, -0.05) is 30.9 Å². The Labute approximate surface area is 99.3 Å². The van der Waals surface area contributed by atoms with Gasteiger partial charge in [-0.25, -0.2) is 0 Å². The molecule has 2 aromatic rings. The third-order valence-electron chi connectivity index (χ3n) is 2.15. The van der Waals surface area contributed by atoms with Crippen molar-refractivity contribution in [3.63, 3.8) is 0 Å². The Morgan fingerprint density at radius 1 is 1.29 bits per heavy atom. The molecule has 1 heterocycles. The minimum absolute atomic E-state index is 0. The quantitative estimate of drug-likeness (QED) is 0.649. The summed E-state index contributed by atoms with van der Waals surface area (Å²) in [5.41, 5.74) is 0.842. The van der Waals surface area contributed by atoms with Gasteiger partial charge >= 0.3 is 0 Å². The van der Waals surface area contributed by atoms with E-state index in [-0.39, 0.29) is 11.2 Å². The molecule has 0 amide bonds. The predicted octanol–water partition coefficient (Wildman–Crippen LogP) is 3.25. The van der Waals surface area contributed by atoms with E-state index in [1.807, 2.05) is 30.3 Å². The molecule has 0 saturated carbocycles. The number of allylic oxidation sites excluding steroid dienone is 3. The average molecular weight is 230 g/mol. The monoisotopic (exact) mass is 230 g/mol. The number of para-hydroxylation sites is 1. The van der Waals surface area contributed by atoms with Crippen LogP contribution >= 0.6 is 0 Å². The van der Waals surface area contributed by atoms with E-state index >= 15 is 0 Å². The van der Waals surface area contributed by atoms with Crippen molar-refractivity contribution in [1.29, 1.82) is 0 Å². The third-order valence-corrected chi connectivity index (χ3v) is 2.15. The van der Waals surface area contributed by atoms with Gasteiger partial charge in [0.2, 0.25) is 0 Å². The van der Waals surface area contributed by atoms with Crippen molar-refractivity contribution < 1.29 is 15.0 Å². The lowest BCUT2D eigenvalue weighted by Crippen LogP contribution is -1.70. The number of furan rings is 1. The van der Waals surface area contributed by atoms with Gasteiger partial charge in [0.15, 0.2) is 0 Å². The zero-order valence-corrected chi connectivity index (χ0v) is 9.26. The highest BCUT2D eigenvalue weighted by Gasteiger charge is 1.98. The Hall–Kier alpha value is -2.26. The van der Waals surface area contributed by atoms with Gasteiger partial charge < -0.3 is 15.0 Å². The molecule has 3 heteroatoms. The standard InChI is InChI=1S/C14H12O2.H2O/c1-2-5-12(15)8-9-13-10-11-6-3-4-7-14(11)16-13;/h2-10,15H,1H2;1H2/b9-8+,12-5+;. The molecule has 0 radical (unpaired) electrons. The van der Waals surface area contributed by atoms with E-state index in [9.17, 15) is 5.11 Å². The van der Waals surface area contributed by atoms with Crippen LogP contribution in [0.5, 0.6) is 0 Å². The van der Waals surface area contributed by atoms with Crippen molar-refractivity contribution >= 4 is 17.0 Å². The molecule has 1 aromatic carbocycles. The summed E-state index contributed by atoms with van der Waals surface area (Å²) in [4.78, 5) is 0. The molecule has 0 atom stereocenters. The SMILES string of the molecule is C=C/C=C(O)\C=C\c1cc2ccccc2o1.O. The van der Waals surface area contributed by atoms with E-state index in [2.05, 4.69) is 6.58 Å². The molecule has 3 nitrogen and oxygen atoms in total. The van der Waals surface area contributed by atoms with E-state index in [0.29, 0.717) is 5.76 Å². The van der Waals surface area contributed by atoms with Crippen molar-refractivity contribution in [3.8, 4) is 0 Å². The number of rotatable bonds is 3. The van der Waals surface area contributed by atoms with Gasteiger partial charge in [-0.3, -0.25) is 0 Å². The van der Waals surface area contributed by atoms with Gasteiger partial charge in [0, 0.05) is 5.39 Å². The number of benzene rings is 1. The molecule has 0 aliphatic carbocycles. The van der Waals surface area contributed by atoms with Crippen molar-refractivity contribution in [2.45, 2.75) is 0 Å². The summed E-state index contributed by atoms with van der Waals surface area (Å²) >= 11 is 0. The van der Waals surface area contributed by atoms with Crippen LogP contribution in [0.2, 0.25) is 0 Å². The fourth-order valence-electron chi connectivity index (χ4n) is 1.43. The molecule has 2 rings (SSSR count). The van der Waals surface area contributed by atoms with Gasteiger partial charge in [0.05, 0.1) is 0 Å². The predicted molar refractivity (Wildman–Crippen MR) is 69.8 cm³/mol. The summed E-state index contributed by atoms with van der Waals surface area (Å²) < 4.78 is 5.55. The van der Waals surface area contributed by atoms with Gasteiger partial charge in [0.25, 0.3) is 0 Å². The number of aliphatic hydroxyl groups is 1. The topological polar surface area (TPSA) is 64.9 Å². The van der Waals surface area contributed by atoms with E-state index in [1.165, 1.54) is 12.2 Å². The normalized spacial score (nSPS) is 11.6. The second-order valence-corrected chi connectivity index (χ2v) is 3.35. The summed E-state index contributed by atoms with van der Waals surface area (Å²) in [6.45, 7) is 3.50. The Balaban J connectivity index is 0.00000144. The Morgan fingerprint density at radius 2 is 2.06 bits per heavy atom. The molecule has 17 heavy (non-hydrogen) atoms. The summed E-state index contributed by atoms with van der Waals surface area (Å²) in [5.74, 6) is 0.862. The summed E-state index contributed by atoms with van der Waals surface area (Å²) in [6.07, 6.45) is 6.33. The molecular weight excluding hydrogens is 216 g/mol. The van der Waals surface area contributed by atoms with Crippen molar-refractivity contribution in [3.05, 3.63) is 66.7 Å². The first-order valence-corrected chi connectivity index (χ1v) is 4.98. The summed E-state index contributed by atoms with van der Waals surface area (Å²) in [6, 6.07) is 9.70. The van der Waals surface area contributed by atoms with Crippen LogP contribution in [0, 0.1) is 0 Å². The van der Waals surface area contributed by atoms with Crippen LogP contribution in [0.3, 0.4) is 0 Å². The smallest absolute Gasteiger partial charge is 0.134 e. The molecule has 0 aliphatic heterocycles. The lowest BCUT2D eigenvalue weighted by molar-refractivity contribution is 0.433. The molecular formula is C14H14O3. The first-order valence-electron chi connectivity index (χ1n) is 4.98. The summed E-state index contributed by atoms with van der Waals surface area (Å²) in [7, 11) is 0. The molecule has 3 N–H and O–H groups in total. The maximum Gasteiger partial charge on any atom is 0.134 e. The molecule has 0 spiro atoms. The lowest BCUT2D eigenvalue weighted by Gasteiger charge is -1.87. The maximum atomic E-state index is 9.35. The van der Waals surface area contributed by atoms with Crippen LogP contribution in [-0.4, -0.2) is 10.6 Å². The van der Waals surface area contributed by atoms with Crippen LogP contribution in [0.1, 0.15) is 5.76 Å². The van der Waals surface area contributed by atoms with Crippen molar-refractivity contribution in [2.24, 2.45) is 0 Å². The highest BCUT2D eigenvalue weighted by Crippen LogP contribution is 2.19. The zero-order valence-electron chi connectivity index (χ0n) is 9.26. The Kier molecular flexibility index (Phi) is 4.31. The highest BCUT2D eigenvalue weighted by molar-refractivity contribution is 5.79. The fourth-order valence-corrected chi connectivity index (χ4v) is 1.43. The lowest BCUT2D eigenvalue weighted by atomic mass is 10.2. The molecule has 1 aromatic heterocycles. The van der Waals surface area contributed by atoms with Crippen LogP contribution in [-0.2, 0) is 0 Å². The molecule has 0 unspecified atom stereocenters. The fraction of sp³-hybridized carbons (Fsp3) is 0. The molecule has 0 saturated heterocycles. The van der Waals surface area contributed by atoms with Gasteiger partial charge in [-0.15, -0.1) is 0 Å². The minimum Gasteiger partial charge on any atom is -0.508 e. The van der Waals surface area contributed by atoms with Crippen LogP contribution in [0.25, 0.3) is 17.0 Å². The minimum atomic E-state index is 0. The molecule has 0 fully saturated rings. The van der Waals surface area contributed by atoms with Crippen LogP contribution in [0.4, 0.5) is 0 Å². The summed E-state index contributed by atoms with van der Waals surface area (Å²) in [5, 5.41) is 10.4. The van der Waals surface area contributed by atoms with E-state index < -0.39 is 0 Å². The largest absolute Gasteiger partial charge is 0.508 e. The number of hydrogen-bond donors (Lipinski definition) is 1. The highest BCUT2D eigenvalue weighted by atomic mass is 16.3.